The molecule has 0 aromatic heterocycles. The summed E-state index contributed by atoms with van der Waals surface area (Å²) >= 11 is 0. The molecule has 6 aromatic carbocycles. The van der Waals surface area contributed by atoms with Crippen LogP contribution in [0.3, 0.4) is 0 Å². The molecule has 0 bridgehead atoms. The number of hydrogen-bond acceptors (Lipinski definition) is 1. The summed E-state index contributed by atoms with van der Waals surface area (Å²) in [5.41, 5.74) is 14.9. The van der Waals surface area contributed by atoms with Gasteiger partial charge in [0.15, 0.2) is 0 Å². The maximum Gasteiger partial charge on any atom is 0.0504 e. The van der Waals surface area contributed by atoms with Gasteiger partial charge in [0.2, 0.25) is 0 Å². The number of rotatable bonds is 10. The first-order valence-corrected chi connectivity index (χ1v) is 16.2. The largest absolute Gasteiger partial charge is 0.356 e. The molecule has 6 aromatic rings. The Labute approximate surface area is 267 Å². The van der Waals surface area contributed by atoms with Crippen LogP contribution >= 0.6 is 0 Å². The third-order valence-corrected chi connectivity index (χ3v) is 9.39. The zero-order chi connectivity index (χ0) is 30.6. The number of fused-ring (bicyclic) bond motifs is 3. The van der Waals surface area contributed by atoms with Crippen molar-refractivity contribution in [1.29, 1.82) is 0 Å². The minimum absolute atomic E-state index is 0.320. The fourth-order valence-electron chi connectivity index (χ4n) is 7.01. The van der Waals surface area contributed by atoms with Gasteiger partial charge in [-0.25, -0.2) is 0 Å². The molecule has 1 nitrogen and oxygen atoms in total. The molecule has 0 spiro atoms. The molecule has 0 fully saturated rings. The summed E-state index contributed by atoms with van der Waals surface area (Å²) in [7, 11) is 0. The van der Waals surface area contributed by atoms with Crippen LogP contribution < -0.4 is 5.32 Å². The lowest BCUT2D eigenvalue weighted by Gasteiger charge is -2.34. The number of benzene rings is 6. The number of aryl methyl sites for hydroxylation is 1. The van der Waals surface area contributed by atoms with E-state index < -0.39 is 0 Å². The SMILES string of the molecule is C=Cc1ccc(CC2(c3ccc(CCCC)cc3)c3ccccc3-c3ccc(Nc4ccc(-c5ccccc5)cc4)cc32)cc1. The van der Waals surface area contributed by atoms with Crippen molar-refractivity contribution in [2.75, 3.05) is 5.32 Å². The molecule has 0 saturated carbocycles. The van der Waals surface area contributed by atoms with Crippen molar-refractivity contribution in [2.45, 2.75) is 38.0 Å². The molecule has 0 aliphatic heterocycles. The monoisotopic (exact) mass is 581 g/mol. The van der Waals surface area contributed by atoms with Crippen molar-refractivity contribution in [1.82, 2.24) is 0 Å². The average molecular weight is 582 g/mol. The molecule has 7 rings (SSSR count). The molecular formula is C44H39N. The quantitative estimate of drug-likeness (QED) is 0.170. The van der Waals surface area contributed by atoms with Gasteiger partial charge in [0.05, 0.1) is 5.41 Å². The maximum atomic E-state index is 3.97. The molecule has 220 valence electrons. The zero-order valence-corrected chi connectivity index (χ0v) is 26.0. The zero-order valence-electron chi connectivity index (χ0n) is 26.0. The van der Waals surface area contributed by atoms with Crippen molar-refractivity contribution in [3.8, 4) is 22.3 Å². The Morgan fingerprint density at radius 1 is 0.600 bits per heavy atom. The summed E-state index contributed by atoms with van der Waals surface area (Å²) in [6, 6.07) is 53.6. The summed E-state index contributed by atoms with van der Waals surface area (Å²) in [5, 5.41) is 3.73. The third kappa shape index (κ3) is 5.51. The summed E-state index contributed by atoms with van der Waals surface area (Å²) in [6.07, 6.45) is 6.33. The van der Waals surface area contributed by atoms with E-state index in [9.17, 15) is 0 Å². The molecule has 1 aliphatic carbocycles. The Morgan fingerprint density at radius 2 is 1.24 bits per heavy atom. The second-order valence-corrected chi connectivity index (χ2v) is 12.2. The molecule has 0 radical (unpaired) electrons. The van der Waals surface area contributed by atoms with Gasteiger partial charge < -0.3 is 5.32 Å². The Balaban J connectivity index is 1.33. The van der Waals surface area contributed by atoms with Crippen LogP contribution in [0.15, 0.2) is 152 Å². The van der Waals surface area contributed by atoms with Crippen molar-refractivity contribution >= 4 is 17.5 Å². The second kappa shape index (κ2) is 12.5. The van der Waals surface area contributed by atoms with Crippen LogP contribution in [0.1, 0.15) is 53.1 Å². The van der Waals surface area contributed by atoms with Gasteiger partial charge in [0.25, 0.3) is 0 Å². The van der Waals surface area contributed by atoms with Crippen LogP contribution in [0.25, 0.3) is 28.3 Å². The van der Waals surface area contributed by atoms with E-state index in [0.29, 0.717) is 0 Å². The Morgan fingerprint density at radius 3 is 1.98 bits per heavy atom. The molecule has 1 N–H and O–H groups in total. The molecule has 1 aliphatic rings. The van der Waals surface area contributed by atoms with Gasteiger partial charge in [0.1, 0.15) is 0 Å². The Kier molecular flexibility index (Phi) is 7.92. The normalized spacial score (nSPS) is 14.9. The highest BCUT2D eigenvalue weighted by Gasteiger charge is 2.44. The lowest BCUT2D eigenvalue weighted by atomic mass is 9.68. The molecule has 1 heteroatoms. The minimum atomic E-state index is -0.320. The minimum Gasteiger partial charge on any atom is -0.356 e. The first-order valence-electron chi connectivity index (χ1n) is 16.2. The second-order valence-electron chi connectivity index (χ2n) is 12.2. The van der Waals surface area contributed by atoms with Crippen LogP contribution in [0.4, 0.5) is 11.4 Å². The van der Waals surface area contributed by atoms with Crippen LogP contribution in [-0.2, 0) is 18.3 Å². The molecular weight excluding hydrogens is 542 g/mol. The lowest BCUT2D eigenvalue weighted by molar-refractivity contribution is 0.629. The van der Waals surface area contributed by atoms with Gasteiger partial charge >= 0.3 is 0 Å². The molecule has 1 atom stereocenters. The molecule has 0 amide bonds. The van der Waals surface area contributed by atoms with Crippen molar-refractivity contribution in [3.05, 3.63) is 186 Å². The van der Waals surface area contributed by atoms with E-state index in [-0.39, 0.29) is 5.41 Å². The van der Waals surface area contributed by atoms with Gasteiger partial charge in [-0.3, -0.25) is 0 Å². The van der Waals surface area contributed by atoms with Crippen molar-refractivity contribution in [2.24, 2.45) is 0 Å². The van der Waals surface area contributed by atoms with E-state index >= 15 is 0 Å². The van der Waals surface area contributed by atoms with E-state index in [0.717, 1.165) is 29.8 Å². The molecule has 0 saturated heterocycles. The highest BCUT2D eigenvalue weighted by molar-refractivity contribution is 5.86. The van der Waals surface area contributed by atoms with Gasteiger partial charge in [-0.1, -0.05) is 147 Å². The van der Waals surface area contributed by atoms with E-state index in [4.69, 9.17) is 0 Å². The first kappa shape index (κ1) is 28.6. The Hall–Kier alpha value is -5.14. The van der Waals surface area contributed by atoms with Gasteiger partial charge in [0, 0.05) is 11.4 Å². The average Bonchev–Trinajstić information content (AvgIpc) is 3.38. The number of anilines is 2. The summed E-state index contributed by atoms with van der Waals surface area (Å²) in [4.78, 5) is 0. The number of nitrogens with one attached hydrogen (secondary N) is 1. The highest BCUT2D eigenvalue weighted by Crippen LogP contribution is 2.55. The topological polar surface area (TPSA) is 12.0 Å². The summed E-state index contributed by atoms with van der Waals surface area (Å²) < 4.78 is 0. The van der Waals surface area contributed by atoms with E-state index in [1.54, 1.807) is 0 Å². The third-order valence-electron chi connectivity index (χ3n) is 9.39. The lowest BCUT2D eigenvalue weighted by Crippen LogP contribution is -2.30. The smallest absolute Gasteiger partial charge is 0.0504 e. The van der Waals surface area contributed by atoms with Crippen LogP contribution in [0.2, 0.25) is 0 Å². The summed E-state index contributed by atoms with van der Waals surface area (Å²) in [6.45, 7) is 6.23. The van der Waals surface area contributed by atoms with E-state index in [2.05, 4.69) is 164 Å². The van der Waals surface area contributed by atoms with Crippen LogP contribution in [-0.4, -0.2) is 0 Å². The fourth-order valence-corrected chi connectivity index (χ4v) is 7.01. The maximum absolute atomic E-state index is 3.97. The van der Waals surface area contributed by atoms with E-state index in [1.807, 2.05) is 6.08 Å². The molecule has 45 heavy (non-hydrogen) atoms. The Bertz CT molecular complexity index is 1920. The van der Waals surface area contributed by atoms with Crippen molar-refractivity contribution < 1.29 is 0 Å². The summed E-state index contributed by atoms with van der Waals surface area (Å²) in [5.74, 6) is 0. The van der Waals surface area contributed by atoms with Gasteiger partial charge in [-0.2, -0.15) is 0 Å². The highest BCUT2D eigenvalue weighted by atomic mass is 14.9. The van der Waals surface area contributed by atoms with Gasteiger partial charge in [-0.05, 0) is 99.2 Å². The molecule has 1 unspecified atom stereocenters. The predicted octanol–water partition coefficient (Wildman–Crippen LogP) is 11.6. The van der Waals surface area contributed by atoms with Crippen molar-refractivity contribution in [3.63, 3.8) is 0 Å². The number of hydrogen-bond donors (Lipinski definition) is 1. The van der Waals surface area contributed by atoms with Crippen LogP contribution in [0, 0.1) is 0 Å². The first-order chi connectivity index (χ1) is 22.2. The van der Waals surface area contributed by atoms with Crippen LogP contribution in [0.5, 0.6) is 0 Å². The molecule has 0 heterocycles. The van der Waals surface area contributed by atoms with Gasteiger partial charge in [-0.15, -0.1) is 0 Å². The van der Waals surface area contributed by atoms with E-state index in [1.165, 1.54) is 62.9 Å². The fraction of sp³-hybridized carbons (Fsp3) is 0.136. The number of unbranched alkanes of at least 4 members (excludes halogenated alkanes) is 1. The predicted molar refractivity (Wildman–Crippen MR) is 192 cm³/mol. The standard InChI is InChI=1S/C44H39N/c1-3-5-11-33-20-24-37(25-21-33)44(31-34-18-16-32(4-2)17-19-34)42-15-10-9-14-40(42)41-29-28-39(30-43(41)44)45-38-26-22-36(23-27-38)35-12-7-6-8-13-35/h4,6-10,12-30,45H,2-3,5,11,31H2,1H3.